The number of benzene rings is 2. The van der Waals surface area contributed by atoms with Crippen molar-refractivity contribution in [3.63, 3.8) is 0 Å². The molecule has 0 spiro atoms. The van der Waals surface area contributed by atoms with Crippen molar-refractivity contribution in [2.24, 2.45) is 58.8 Å². The highest BCUT2D eigenvalue weighted by atomic mass is 16.2. The number of nitrogens with two attached hydrogens (primary N) is 2. The number of nitrogens with one attached hydrogen (secondary N) is 2. The number of imidazole rings is 2. The summed E-state index contributed by atoms with van der Waals surface area (Å²) in [7, 11) is 0. The summed E-state index contributed by atoms with van der Waals surface area (Å²) in [5, 5.41) is 0. The number of hydrogen-bond acceptors (Lipinski definition) is 6. The average Bonchev–Trinajstić information content (AvgIpc) is 3.64. The summed E-state index contributed by atoms with van der Waals surface area (Å²) in [5.74, 6) is 6.26. The van der Waals surface area contributed by atoms with E-state index in [2.05, 4.69) is 91.1 Å². The van der Waals surface area contributed by atoms with E-state index in [9.17, 15) is 9.59 Å². The number of likely N-dealkylation sites (tertiary alicyclic amines) is 2. The average molecular weight is 755 g/mol. The van der Waals surface area contributed by atoms with Gasteiger partial charge in [-0.3, -0.25) is 9.59 Å². The molecule has 14 atom stereocenters. The van der Waals surface area contributed by atoms with E-state index in [4.69, 9.17) is 21.4 Å². The van der Waals surface area contributed by atoms with E-state index in [1.807, 2.05) is 17.3 Å². The zero-order chi connectivity index (χ0) is 38.6. The molecule has 10 nitrogen and oxygen atoms in total. The van der Waals surface area contributed by atoms with Crippen LogP contribution in [-0.4, -0.2) is 65.7 Å². The SMILES string of the molecule is C[C@@H]1C[C@@H](c2nc(-c3ccc(-c4ccc(-c5c[nH]c([C@@H]6C[C@H]7C[C@H]7N6C(=O)C(N)[C@H]6C[C@@H]7C[C@@H]7C6)n5)cc4)cc3)c[nH]2)N(C(=O)C(N)[C@@H]2C[C@@H](C)[C@@H](C)C2)[C@@H]1C. The fraction of sp³-hybridized carbons (Fsp3) is 0.565. The molecule has 2 aliphatic heterocycles. The van der Waals surface area contributed by atoms with Gasteiger partial charge in [0.1, 0.15) is 11.6 Å². The number of piperidine rings is 1. The van der Waals surface area contributed by atoms with Gasteiger partial charge < -0.3 is 31.2 Å². The minimum atomic E-state index is -0.466. The highest BCUT2D eigenvalue weighted by molar-refractivity contribution is 5.84. The second-order valence-corrected chi connectivity index (χ2v) is 19.0. The number of H-pyrrole nitrogens is 2. The van der Waals surface area contributed by atoms with Crippen molar-refractivity contribution in [3.8, 4) is 33.6 Å². The van der Waals surface area contributed by atoms with Gasteiger partial charge in [-0.25, -0.2) is 9.97 Å². The number of amides is 2. The molecule has 2 saturated heterocycles. The maximum atomic E-state index is 13.9. The minimum absolute atomic E-state index is 0.0232. The number of rotatable bonds is 9. The van der Waals surface area contributed by atoms with Gasteiger partial charge in [0.25, 0.3) is 0 Å². The molecule has 2 aromatic carbocycles. The Labute approximate surface area is 330 Å². The van der Waals surface area contributed by atoms with Crippen LogP contribution >= 0.6 is 0 Å². The van der Waals surface area contributed by atoms with E-state index in [0.29, 0.717) is 35.6 Å². The summed E-state index contributed by atoms with van der Waals surface area (Å²) in [6, 6.07) is 16.5. The molecule has 56 heavy (non-hydrogen) atoms. The van der Waals surface area contributed by atoms with Crippen LogP contribution in [-0.2, 0) is 9.59 Å². The highest BCUT2D eigenvalue weighted by Crippen LogP contribution is 2.57. The lowest BCUT2D eigenvalue weighted by Gasteiger charge is -2.32. The zero-order valence-corrected chi connectivity index (χ0v) is 33.3. The number of nitrogens with zero attached hydrogens (tertiary/aromatic N) is 4. The van der Waals surface area contributed by atoms with Crippen LogP contribution < -0.4 is 11.5 Å². The van der Waals surface area contributed by atoms with Gasteiger partial charge in [-0.15, -0.1) is 0 Å². The van der Waals surface area contributed by atoms with Crippen LogP contribution in [0.2, 0.25) is 0 Å². The Hall–Kier alpha value is -4.28. The second kappa shape index (κ2) is 13.7. The fourth-order valence-corrected chi connectivity index (χ4v) is 11.4. The summed E-state index contributed by atoms with van der Waals surface area (Å²) in [5.41, 5.74) is 19.4. The van der Waals surface area contributed by atoms with E-state index in [0.717, 1.165) is 102 Å². The molecule has 4 aliphatic carbocycles. The van der Waals surface area contributed by atoms with Crippen molar-refractivity contribution >= 4 is 11.8 Å². The number of carbonyl (C=O) groups is 2. The topological polar surface area (TPSA) is 150 Å². The summed E-state index contributed by atoms with van der Waals surface area (Å²) in [6.45, 7) is 8.94. The molecule has 4 aromatic rings. The molecule has 0 bridgehead atoms. The second-order valence-electron chi connectivity index (χ2n) is 19.0. The predicted octanol–water partition coefficient (Wildman–Crippen LogP) is 7.48. The van der Waals surface area contributed by atoms with Crippen LogP contribution in [0.25, 0.3) is 33.6 Å². The van der Waals surface area contributed by atoms with Gasteiger partial charge in [-0.1, -0.05) is 69.3 Å². The van der Waals surface area contributed by atoms with Crippen LogP contribution in [0.1, 0.15) is 103 Å². The van der Waals surface area contributed by atoms with Gasteiger partial charge in [-0.2, -0.15) is 0 Å². The molecule has 6 N–H and O–H groups in total. The van der Waals surface area contributed by atoms with Crippen LogP contribution in [0.3, 0.4) is 0 Å². The van der Waals surface area contributed by atoms with Crippen molar-refractivity contribution < 1.29 is 9.59 Å². The number of carbonyl (C=O) groups excluding carboxylic acids is 2. The van der Waals surface area contributed by atoms with E-state index in [1.165, 1.54) is 6.42 Å². The lowest BCUT2D eigenvalue weighted by Crippen LogP contribution is -2.49. The number of fused-ring (bicyclic) bond motifs is 2. The smallest absolute Gasteiger partial charge is 0.240 e. The summed E-state index contributed by atoms with van der Waals surface area (Å²) >= 11 is 0. The Kier molecular flexibility index (Phi) is 8.82. The molecule has 4 heterocycles. The fourth-order valence-electron chi connectivity index (χ4n) is 11.4. The summed E-state index contributed by atoms with van der Waals surface area (Å²) in [4.78, 5) is 48.8. The molecular formula is C46H58N8O2. The molecule has 6 fully saturated rings. The third-order valence-electron chi connectivity index (χ3n) is 15.5. The van der Waals surface area contributed by atoms with Crippen molar-refractivity contribution in [2.75, 3.05) is 0 Å². The van der Waals surface area contributed by atoms with Crippen molar-refractivity contribution in [2.45, 2.75) is 115 Å². The first-order chi connectivity index (χ1) is 27.0. The molecule has 2 amide bonds. The number of hydrogen-bond donors (Lipinski definition) is 4. The Morgan fingerprint density at radius 2 is 1.04 bits per heavy atom. The molecular weight excluding hydrogens is 697 g/mol. The van der Waals surface area contributed by atoms with Gasteiger partial charge in [0, 0.05) is 35.6 Å². The third kappa shape index (κ3) is 6.22. The normalized spacial score (nSPS) is 35.4. The van der Waals surface area contributed by atoms with E-state index in [-0.39, 0.29) is 41.9 Å². The van der Waals surface area contributed by atoms with Crippen molar-refractivity contribution in [1.82, 2.24) is 29.7 Å². The summed E-state index contributed by atoms with van der Waals surface area (Å²) in [6.07, 6.45) is 12.5. The van der Waals surface area contributed by atoms with Crippen LogP contribution in [0, 0.1) is 47.3 Å². The predicted molar refractivity (Wildman–Crippen MR) is 217 cm³/mol. The first-order valence-electron chi connectivity index (χ1n) is 21.5. The van der Waals surface area contributed by atoms with Crippen molar-refractivity contribution in [3.05, 3.63) is 72.6 Å². The molecule has 6 aliphatic rings. The molecule has 2 aromatic heterocycles. The van der Waals surface area contributed by atoms with Crippen LogP contribution in [0.15, 0.2) is 60.9 Å². The van der Waals surface area contributed by atoms with E-state index < -0.39 is 6.04 Å². The zero-order valence-electron chi connectivity index (χ0n) is 33.3. The lowest BCUT2D eigenvalue weighted by atomic mass is 9.93. The van der Waals surface area contributed by atoms with Gasteiger partial charge in [0.15, 0.2) is 0 Å². The largest absolute Gasteiger partial charge is 0.346 e. The molecule has 10 heteroatoms. The number of aromatic nitrogens is 4. The Balaban J connectivity index is 0.799. The Morgan fingerprint density at radius 3 is 1.57 bits per heavy atom. The first-order valence-corrected chi connectivity index (χ1v) is 21.5. The van der Waals surface area contributed by atoms with Crippen LogP contribution in [0.5, 0.6) is 0 Å². The van der Waals surface area contributed by atoms with Gasteiger partial charge in [0.05, 0.1) is 35.6 Å². The maximum absolute atomic E-state index is 13.9. The third-order valence-corrected chi connectivity index (χ3v) is 15.5. The molecule has 0 radical (unpaired) electrons. The maximum Gasteiger partial charge on any atom is 0.240 e. The summed E-state index contributed by atoms with van der Waals surface area (Å²) < 4.78 is 0. The standard InChI is InChI=1S/C46H58N8O2/c1-23-13-34(14-24(23)2)41(47)45(55)53-26(4)25(3)15-39(53)43-49-21-36(51-43)29-9-5-27(6-10-29)28-7-11-30(12-8-28)37-22-50-44(52-37)40-20-33-19-38(33)54(40)46(56)42(48)35-17-31-16-32(31)18-35/h5-12,21-26,31-35,38-42H,13-20,47-48H2,1-4H3,(H,49,51)(H,50,52)/t23-,24+,25-,26-,31-,32+,33-,34-,35-,38-,39+,40+,41?,42?/m1/s1. The molecule has 294 valence electrons. The van der Waals surface area contributed by atoms with Crippen LogP contribution in [0.4, 0.5) is 0 Å². The Morgan fingerprint density at radius 1 is 0.571 bits per heavy atom. The van der Waals surface area contributed by atoms with E-state index >= 15 is 0 Å². The lowest BCUT2D eigenvalue weighted by molar-refractivity contribution is -0.137. The quantitative estimate of drug-likeness (QED) is 0.139. The molecule has 4 saturated carbocycles. The Bertz CT molecular complexity index is 2090. The molecule has 2 unspecified atom stereocenters. The minimum Gasteiger partial charge on any atom is -0.346 e. The highest BCUT2D eigenvalue weighted by Gasteiger charge is 2.57. The number of aromatic amines is 2. The monoisotopic (exact) mass is 754 g/mol. The van der Waals surface area contributed by atoms with Gasteiger partial charge in [-0.05, 0) is 117 Å². The first kappa shape index (κ1) is 36.1. The van der Waals surface area contributed by atoms with Crippen molar-refractivity contribution in [1.29, 1.82) is 0 Å². The van der Waals surface area contributed by atoms with Gasteiger partial charge >= 0.3 is 0 Å². The van der Waals surface area contributed by atoms with E-state index in [1.54, 1.807) is 0 Å². The van der Waals surface area contributed by atoms with Gasteiger partial charge in [0.2, 0.25) is 11.8 Å². The molecule has 10 rings (SSSR count).